The van der Waals surface area contributed by atoms with Gasteiger partial charge in [0.2, 0.25) is 0 Å². The van der Waals surface area contributed by atoms with Gasteiger partial charge in [-0.15, -0.1) is 0 Å². The van der Waals surface area contributed by atoms with E-state index in [4.69, 9.17) is 4.74 Å². The van der Waals surface area contributed by atoms with Crippen molar-refractivity contribution in [1.82, 2.24) is 0 Å². The molecule has 0 unspecified atom stereocenters. The first-order chi connectivity index (χ1) is 22.3. The minimum atomic E-state index is -0.0903. The molecular weight excluding hydrogens is 596 g/mol. The van der Waals surface area contributed by atoms with Crippen LogP contribution in [-0.2, 0) is 23.9 Å². The minimum absolute atomic E-state index is 0. The molecule has 0 N–H and O–H groups in total. The fourth-order valence-corrected chi connectivity index (χ4v) is 12.9. The maximum Gasteiger partial charge on any atom is 0.178 e. The van der Waals surface area contributed by atoms with E-state index in [1.165, 1.54) is 28.7 Å². The molecule has 0 aromatic rings. The molecule has 0 spiro atoms. The summed E-state index contributed by atoms with van der Waals surface area (Å²) in [5.41, 5.74) is 4.93. The van der Waals surface area contributed by atoms with Crippen molar-refractivity contribution >= 4 is 23.1 Å². The van der Waals surface area contributed by atoms with E-state index in [2.05, 4.69) is 34.6 Å². The molecule has 6 saturated carbocycles. The van der Waals surface area contributed by atoms with Crippen molar-refractivity contribution in [3.63, 3.8) is 0 Å². The van der Waals surface area contributed by atoms with Crippen LogP contribution in [0.15, 0.2) is 46.6 Å². The highest BCUT2D eigenvalue weighted by Crippen LogP contribution is 2.66. The van der Waals surface area contributed by atoms with Crippen molar-refractivity contribution in [2.24, 2.45) is 57.2 Å². The molecular formula is C43H60O5. The molecule has 0 heterocycles. The number of carbonyl (C=O) groups excluding carboxylic acids is 4. The molecule has 0 saturated heterocycles. The number of allylic oxidation sites excluding steroid dienone is 7. The number of ether oxygens (including phenoxy) is 1. The first-order valence-electron chi connectivity index (χ1n) is 18.8. The van der Waals surface area contributed by atoms with Gasteiger partial charge in [0.1, 0.15) is 11.6 Å². The summed E-state index contributed by atoms with van der Waals surface area (Å²) in [7, 11) is 0. The van der Waals surface area contributed by atoms with Crippen molar-refractivity contribution in [3.8, 4) is 0 Å². The highest BCUT2D eigenvalue weighted by atomic mass is 16.5. The van der Waals surface area contributed by atoms with Crippen molar-refractivity contribution < 1.29 is 23.9 Å². The SMILES string of the molecule is C.CC1=CC(=O)C=C2CC[C@@H]3[C@H](CC[C@]4(C)C(=O)CC[C@@H]34)[C@@]12C.CCOCC1=CC(=O)C=C2CC[C@@H]3[C@H](CC[C@]4(C)C(=O)CC[C@@H]34)[C@]21C. The Balaban J connectivity index is 0.000000165. The van der Waals surface area contributed by atoms with Gasteiger partial charge in [0, 0.05) is 41.1 Å². The molecule has 48 heavy (non-hydrogen) atoms. The quantitative estimate of drug-likeness (QED) is 0.303. The average molecular weight is 657 g/mol. The Kier molecular flexibility index (Phi) is 9.17. The molecule has 6 fully saturated rings. The van der Waals surface area contributed by atoms with Crippen molar-refractivity contribution in [3.05, 3.63) is 46.6 Å². The zero-order valence-electron chi connectivity index (χ0n) is 29.7. The zero-order valence-corrected chi connectivity index (χ0v) is 29.7. The Hall–Kier alpha value is -2.40. The zero-order chi connectivity index (χ0) is 33.5. The van der Waals surface area contributed by atoms with Crippen LogP contribution in [0.3, 0.4) is 0 Å². The molecule has 0 bridgehead atoms. The second-order valence-electron chi connectivity index (χ2n) is 17.3. The Morgan fingerprint density at radius 2 is 1.10 bits per heavy atom. The smallest absolute Gasteiger partial charge is 0.178 e. The number of rotatable bonds is 3. The third-order valence-corrected chi connectivity index (χ3v) is 15.9. The van der Waals surface area contributed by atoms with Crippen LogP contribution in [0.25, 0.3) is 0 Å². The summed E-state index contributed by atoms with van der Waals surface area (Å²) in [4.78, 5) is 49.1. The van der Waals surface area contributed by atoms with Gasteiger partial charge >= 0.3 is 0 Å². The van der Waals surface area contributed by atoms with Crippen molar-refractivity contribution in [1.29, 1.82) is 0 Å². The lowest BCUT2D eigenvalue weighted by atomic mass is 9.47. The minimum Gasteiger partial charge on any atom is -0.377 e. The van der Waals surface area contributed by atoms with E-state index < -0.39 is 0 Å². The fraction of sp³-hybridized carbons (Fsp3) is 0.721. The largest absolute Gasteiger partial charge is 0.377 e. The van der Waals surface area contributed by atoms with Gasteiger partial charge in [-0.3, -0.25) is 19.2 Å². The highest BCUT2D eigenvalue weighted by Gasteiger charge is 2.61. The van der Waals surface area contributed by atoms with Gasteiger partial charge in [0.05, 0.1) is 6.61 Å². The molecule has 0 radical (unpaired) electrons. The van der Waals surface area contributed by atoms with Gasteiger partial charge < -0.3 is 4.74 Å². The lowest BCUT2D eigenvalue weighted by Crippen LogP contribution is -2.51. The Morgan fingerprint density at radius 3 is 1.62 bits per heavy atom. The van der Waals surface area contributed by atoms with E-state index in [1.807, 2.05) is 31.2 Å². The van der Waals surface area contributed by atoms with Crippen LogP contribution in [0.2, 0.25) is 0 Å². The summed E-state index contributed by atoms with van der Waals surface area (Å²) in [6.45, 7) is 14.5. The predicted molar refractivity (Wildman–Crippen MR) is 190 cm³/mol. The van der Waals surface area contributed by atoms with Crippen LogP contribution in [0, 0.1) is 57.2 Å². The third kappa shape index (κ3) is 5.02. The van der Waals surface area contributed by atoms with E-state index >= 15 is 0 Å². The molecule has 0 aliphatic heterocycles. The van der Waals surface area contributed by atoms with E-state index in [9.17, 15) is 19.2 Å². The lowest BCUT2D eigenvalue weighted by Gasteiger charge is -2.57. The van der Waals surface area contributed by atoms with Gasteiger partial charge in [-0.25, -0.2) is 0 Å². The maximum atomic E-state index is 12.5. The summed E-state index contributed by atoms with van der Waals surface area (Å²) in [5.74, 6) is 4.80. The first kappa shape index (κ1) is 35.4. The number of carbonyl (C=O) groups is 4. The number of hydrogen-bond acceptors (Lipinski definition) is 5. The molecule has 0 aromatic carbocycles. The van der Waals surface area contributed by atoms with Crippen molar-refractivity contribution in [2.45, 2.75) is 126 Å². The summed E-state index contributed by atoms with van der Waals surface area (Å²) in [6, 6.07) is 0. The summed E-state index contributed by atoms with van der Waals surface area (Å²) in [5, 5.41) is 0. The highest BCUT2D eigenvalue weighted by molar-refractivity contribution is 6.02. The van der Waals surface area contributed by atoms with Gasteiger partial charge in [-0.2, -0.15) is 0 Å². The van der Waals surface area contributed by atoms with Gasteiger partial charge in [-0.05, 0) is 143 Å². The molecule has 8 aliphatic carbocycles. The summed E-state index contributed by atoms with van der Waals surface area (Å²) < 4.78 is 5.74. The van der Waals surface area contributed by atoms with E-state index in [0.29, 0.717) is 60.3 Å². The number of hydrogen-bond donors (Lipinski definition) is 0. The van der Waals surface area contributed by atoms with E-state index in [-0.39, 0.29) is 40.7 Å². The average Bonchev–Trinajstić information content (AvgIpc) is 3.51. The monoisotopic (exact) mass is 656 g/mol. The number of fused-ring (bicyclic) bond motifs is 10. The number of ketones is 4. The molecule has 262 valence electrons. The van der Waals surface area contributed by atoms with Crippen LogP contribution in [0.5, 0.6) is 0 Å². The van der Waals surface area contributed by atoms with Crippen molar-refractivity contribution in [2.75, 3.05) is 13.2 Å². The lowest BCUT2D eigenvalue weighted by molar-refractivity contribution is -0.132. The molecule has 0 amide bonds. The fourth-order valence-electron chi connectivity index (χ4n) is 12.9. The molecule has 8 rings (SSSR count). The van der Waals surface area contributed by atoms with E-state index in [1.54, 1.807) is 0 Å². The molecule has 0 aromatic heterocycles. The predicted octanol–water partition coefficient (Wildman–Crippen LogP) is 9.16. The van der Waals surface area contributed by atoms with Crippen LogP contribution in [0.4, 0.5) is 0 Å². The molecule has 5 heteroatoms. The molecule has 8 aliphatic rings. The van der Waals surface area contributed by atoms with E-state index in [0.717, 1.165) is 70.6 Å². The van der Waals surface area contributed by atoms with Gasteiger partial charge in [0.15, 0.2) is 11.6 Å². The van der Waals surface area contributed by atoms with Crippen LogP contribution >= 0.6 is 0 Å². The van der Waals surface area contributed by atoms with Crippen LogP contribution < -0.4 is 0 Å². The van der Waals surface area contributed by atoms with Crippen LogP contribution in [-0.4, -0.2) is 36.3 Å². The Labute approximate surface area is 289 Å². The Bertz CT molecular complexity index is 1520. The van der Waals surface area contributed by atoms with Crippen LogP contribution in [0.1, 0.15) is 126 Å². The van der Waals surface area contributed by atoms with Gasteiger partial charge in [0.25, 0.3) is 0 Å². The third-order valence-electron chi connectivity index (χ3n) is 15.9. The normalized spacial score (nSPS) is 44.1. The summed E-state index contributed by atoms with van der Waals surface area (Å²) >= 11 is 0. The topological polar surface area (TPSA) is 77.5 Å². The summed E-state index contributed by atoms with van der Waals surface area (Å²) in [6.07, 6.45) is 19.8. The Morgan fingerprint density at radius 1 is 0.625 bits per heavy atom. The molecule has 10 atom stereocenters. The second kappa shape index (κ2) is 12.4. The molecule has 5 nitrogen and oxygen atoms in total. The number of Topliss-reactive ketones (excluding diaryl/α,β-unsaturated/α-hetero) is 2. The standard InChI is InChI=1S/C22H30O3.C20H26O2.CH4/c1-4-25-13-15-12-16(23)11-14-5-6-17-18-7-8-20(24)21(18,2)10-9-19(17)22(14,15)3;1-12-10-14(21)11-13-4-5-15-16-6-7-18(22)19(16,2)9-8-17(15)20(12,13)3;/h11-12,17-19H,4-10,13H2,1-3H3;10-11,15-17H,4-9H2,1-3H3;1H4/t17-,18-,19-,21-,22+;15-,16-,17-,19-,20-;/m00./s1. The second-order valence-corrected chi connectivity index (χ2v) is 17.3. The first-order valence-corrected chi connectivity index (χ1v) is 18.8. The maximum absolute atomic E-state index is 12.5. The van der Waals surface area contributed by atoms with Gasteiger partial charge in [-0.1, -0.05) is 51.8 Å².